The lowest BCUT2D eigenvalue weighted by molar-refractivity contribution is -0.137. The highest BCUT2D eigenvalue weighted by Gasteiger charge is 2.36. The molecule has 0 aliphatic heterocycles. The van der Waals surface area contributed by atoms with Gasteiger partial charge in [0.25, 0.3) is 0 Å². The summed E-state index contributed by atoms with van der Waals surface area (Å²) in [5.74, 6) is -1.44. The number of ketones is 1. The molecule has 10 nitrogen and oxygen atoms in total. The van der Waals surface area contributed by atoms with Gasteiger partial charge >= 0.3 is 12.3 Å². The first kappa shape index (κ1) is 30.1. The Bertz CT molecular complexity index is 1370. The van der Waals surface area contributed by atoms with Gasteiger partial charge in [0.1, 0.15) is 18.3 Å². The second-order valence-corrected chi connectivity index (χ2v) is 10.00. The highest BCUT2D eigenvalue weighted by Crippen LogP contribution is 2.41. The SMILES string of the molecule is CCCN(C)c1cc(NC(=O)OC(C)(C)C)c(NC(=O)CC(=O)c2cccc(-n3cncn3)c2)cc1C(F)(F)F. The molecule has 2 amide bonds. The zero-order valence-electron chi connectivity index (χ0n) is 22.8. The summed E-state index contributed by atoms with van der Waals surface area (Å²) in [5.41, 5.74) is -1.80. The number of rotatable bonds is 9. The smallest absolute Gasteiger partial charge is 0.418 e. The van der Waals surface area contributed by atoms with Crippen molar-refractivity contribution in [3.05, 3.63) is 60.2 Å². The summed E-state index contributed by atoms with van der Waals surface area (Å²) < 4.78 is 48.8. The van der Waals surface area contributed by atoms with Crippen LogP contribution >= 0.6 is 0 Å². The standard InChI is InChI=1S/C27H31F3N6O4/c1-6-10-35(5)22-13-21(34-25(39)40-26(2,3)4)20(12-19(22)27(28,29)30)33-24(38)14-23(37)17-8-7-9-18(11-17)36-16-31-15-32-36/h7-9,11-13,15-16H,6,10,14H2,1-5H3,(H,33,38)(H,34,39). The van der Waals surface area contributed by atoms with Gasteiger partial charge in [-0.1, -0.05) is 19.1 Å². The topological polar surface area (TPSA) is 118 Å². The Labute approximate surface area is 229 Å². The van der Waals surface area contributed by atoms with Crippen molar-refractivity contribution < 1.29 is 32.3 Å². The zero-order valence-corrected chi connectivity index (χ0v) is 22.8. The van der Waals surface area contributed by atoms with Crippen LogP contribution in [0, 0.1) is 0 Å². The van der Waals surface area contributed by atoms with E-state index >= 15 is 0 Å². The molecule has 0 saturated carbocycles. The Morgan fingerprint density at radius 1 is 1.05 bits per heavy atom. The lowest BCUT2D eigenvalue weighted by Gasteiger charge is -2.26. The number of Topliss-reactive ketones (excluding diaryl/α,β-unsaturated/α-hetero) is 1. The number of alkyl halides is 3. The molecule has 0 atom stereocenters. The molecule has 13 heteroatoms. The molecule has 0 bridgehead atoms. The van der Waals surface area contributed by atoms with E-state index in [1.165, 1.54) is 41.4 Å². The highest BCUT2D eigenvalue weighted by molar-refractivity contribution is 6.12. The number of aromatic nitrogens is 3. The minimum atomic E-state index is -4.77. The zero-order chi connectivity index (χ0) is 29.7. The van der Waals surface area contributed by atoms with Gasteiger partial charge in [-0.15, -0.1) is 0 Å². The van der Waals surface area contributed by atoms with Crippen LogP contribution in [0.2, 0.25) is 0 Å². The second kappa shape index (κ2) is 12.2. The Morgan fingerprint density at radius 3 is 2.35 bits per heavy atom. The van der Waals surface area contributed by atoms with Gasteiger partial charge in [0.15, 0.2) is 5.78 Å². The lowest BCUT2D eigenvalue weighted by Crippen LogP contribution is -2.28. The molecule has 3 aromatic rings. The Kier molecular flexibility index (Phi) is 9.17. The number of amides is 2. The van der Waals surface area contributed by atoms with Gasteiger partial charge < -0.3 is 15.0 Å². The number of benzene rings is 2. The van der Waals surface area contributed by atoms with Gasteiger partial charge in [0.05, 0.1) is 34.7 Å². The van der Waals surface area contributed by atoms with Crippen molar-refractivity contribution in [2.45, 2.75) is 52.3 Å². The summed E-state index contributed by atoms with van der Waals surface area (Å²) in [7, 11) is 1.50. The lowest BCUT2D eigenvalue weighted by atomic mass is 10.1. The van der Waals surface area contributed by atoms with Crippen LogP contribution in [0.3, 0.4) is 0 Å². The van der Waals surface area contributed by atoms with Crippen LogP contribution in [0.1, 0.15) is 56.5 Å². The Hall–Kier alpha value is -4.42. The van der Waals surface area contributed by atoms with Crippen LogP contribution in [-0.4, -0.2) is 51.7 Å². The van der Waals surface area contributed by atoms with E-state index in [9.17, 15) is 27.6 Å². The van der Waals surface area contributed by atoms with Crippen molar-refractivity contribution in [3.63, 3.8) is 0 Å². The fourth-order valence-corrected chi connectivity index (χ4v) is 3.81. The summed E-state index contributed by atoms with van der Waals surface area (Å²) in [6, 6.07) is 8.18. The average Bonchev–Trinajstić information content (AvgIpc) is 3.38. The van der Waals surface area contributed by atoms with Crippen molar-refractivity contribution in [2.75, 3.05) is 29.1 Å². The molecule has 40 heavy (non-hydrogen) atoms. The highest BCUT2D eigenvalue weighted by atomic mass is 19.4. The third-order valence-corrected chi connectivity index (χ3v) is 5.49. The van der Waals surface area contributed by atoms with E-state index in [4.69, 9.17) is 4.74 Å². The summed E-state index contributed by atoms with van der Waals surface area (Å²) in [5, 5.41) is 8.78. The number of halogens is 3. The minimum Gasteiger partial charge on any atom is -0.444 e. The molecule has 0 unspecified atom stereocenters. The van der Waals surface area contributed by atoms with Gasteiger partial charge in [-0.2, -0.15) is 18.3 Å². The molecule has 0 spiro atoms. The Balaban J connectivity index is 1.92. The normalized spacial score (nSPS) is 11.6. The fourth-order valence-electron chi connectivity index (χ4n) is 3.81. The number of nitrogens with one attached hydrogen (secondary N) is 2. The van der Waals surface area contributed by atoms with Gasteiger partial charge in [-0.3, -0.25) is 14.9 Å². The van der Waals surface area contributed by atoms with E-state index in [2.05, 4.69) is 20.7 Å². The maximum Gasteiger partial charge on any atom is 0.418 e. The van der Waals surface area contributed by atoms with Crippen LogP contribution in [0.4, 0.5) is 35.0 Å². The number of hydrogen-bond donors (Lipinski definition) is 2. The summed E-state index contributed by atoms with van der Waals surface area (Å²) in [4.78, 5) is 43.5. The molecule has 1 heterocycles. The maximum atomic E-state index is 14.1. The van der Waals surface area contributed by atoms with E-state index in [1.807, 2.05) is 6.92 Å². The first-order valence-corrected chi connectivity index (χ1v) is 12.4. The molecule has 2 aromatic carbocycles. The number of ether oxygens (including phenoxy) is 1. The molecule has 0 fully saturated rings. The first-order valence-electron chi connectivity index (χ1n) is 12.4. The maximum absolute atomic E-state index is 14.1. The van der Waals surface area contributed by atoms with Gasteiger partial charge in [-0.05, 0) is 51.5 Å². The number of nitrogens with zero attached hydrogens (tertiary/aromatic N) is 4. The third kappa shape index (κ3) is 8.04. The van der Waals surface area contributed by atoms with E-state index in [-0.39, 0.29) is 22.6 Å². The Morgan fingerprint density at radius 2 is 1.75 bits per heavy atom. The molecule has 1 aromatic heterocycles. The largest absolute Gasteiger partial charge is 0.444 e. The van der Waals surface area contributed by atoms with Crippen molar-refractivity contribution in [1.82, 2.24) is 14.8 Å². The molecule has 214 valence electrons. The molecule has 0 aliphatic rings. The number of carbonyl (C=O) groups excluding carboxylic acids is 3. The van der Waals surface area contributed by atoms with E-state index in [0.29, 0.717) is 18.7 Å². The van der Waals surface area contributed by atoms with Gasteiger partial charge in [0.2, 0.25) is 5.91 Å². The quantitative estimate of drug-likeness (QED) is 0.255. The second-order valence-electron chi connectivity index (χ2n) is 10.00. The summed E-state index contributed by atoms with van der Waals surface area (Å²) >= 11 is 0. The molecule has 0 saturated heterocycles. The van der Waals surface area contributed by atoms with Gasteiger partial charge in [0, 0.05) is 19.2 Å². The van der Waals surface area contributed by atoms with Crippen LogP contribution in [0.5, 0.6) is 0 Å². The van der Waals surface area contributed by atoms with Crippen LogP contribution < -0.4 is 15.5 Å². The van der Waals surface area contributed by atoms with E-state index in [0.717, 1.165) is 12.1 Å². The predicted molar refractivity (Wildman–Crippen MR) is 144 cm³/mol. The molecule has 3 rings (SSSR count). The fraction of sp³-hybridized carbons (Fsp3) is 0.370. The minimum absolute atomic E-state index is 0.116. The molecular formula is C27H31F3N6O4. The molecular weight excluding hydrogens is 529 g/mol. The molecule has 0 aliphatic carbocycles. The first-order chi connectivity index (χ1) is 18.7. The molecule has 0 radical (unpaired) electrons. The molecule has 2 N–H and O–H groups in total. The van der Waals surface area contributed by atoms with E-state index < -0.39 is 41.5 Å². The van der Waals surface area contributed by atoms with Crippen LogP contribution in [0.25, 0.3) is 5.69 Å². The van der Waals surface area contributed by atoms with Crippen molar-refractivity contribution >= 4 is 34.8 Å². The summed E-state index contributed by atoms with van der Waals surface area (Å²) in [6.07, 6.45) is -3.01. The number of carbonyl (C=O) groups is 3. The number of anilines is 3. The average molecular weight is 561 g/mol. The predicted octanol–water partition coefficient (Wildman–Crippen LogP) is 5.69. The summed E-state index contributed by atoms with van der Waals surface area (Å²) in [6.45, 7) is 7.02. The monoisotopic (exact) mass is 560 g/mol. The third-order valence-electron chi connectivity index (χ3n) is 5.49. The van der Waals surface area contributed by atoms with Crippen molar-refractivity contribution in [3.8, 4) is 5.69 Å². The van der Waals surface area contributed by atoms with Gasteiger partial charge in [-0.25, -0.2) is 14.5 Å². The number of hydrogen-bond acceptors (Lipinski definition) is 7. The van der Waals surface area contributed by atoms with E-state index in [1.54, 1.807) is 32.9 Å². The van der Waals surface area contributed by atoms with Crippen LogP contribution in [0.15, 0.2) is 49.1 Å². The van der Waals surface area contributed by atoms with Crippen molar-refractivity contribution in [2.24, 2.45) is 0 Å². The van der Waals surface area contributed by atoms with Crippen LogP contribution in [-0.2, 0) is 15.7 Å². The van der Waals surface area contributed by atoms with Crippen molar-refractivity contribution in [1.29, 1.82) is 0 Å².